The average molecular weight is 728 g/mol. The first-order valence-electron chi connectivity index (χ1n) is 19.9. The molecule has 0 saturated carbocycles. The Morgan fingerprint density at radius 2 is 0.912 bits per heavy atom. The van der Waals surface area contributed by atoms with Crippen LogP contribution in [0.15, 0.2) is 224 Å². The van der Waals surface area contributed by atoms with Crippen LogP contribution >= 0.6 is 0 Å². The van der Waals surface area contributed by atoms with Crippen molar-refractivity contribution in [2.75, 3.05) is 4.90 Å². The van der Waals surface area contributed by atoms with Crippen LogP contribution < -0.4 is 4.90 Å². The molecule has 0 aliphatic heterocycles. The molecule has 1 aliphatic carbocycles. The van der Waals surface area contributed by atoms with Gasteiger partial charge in [-0.2, -0.15) is 0 Å². The Labute approximate surface area is 335 Å². The van der Waals surface area contributed by atoms with Crippen LogP contribution in [0.4, 0.5) is 17.1 Å². The second-order valence-electron chi connectivity index (χ2n) is 14.8. The molecule has 0 spiro atoms. The van der Waals surface area contributed by atoms with Crippen LogP contribution in [-0.2, 0) is 0 Å². The van der Waals surface area contributed by atoms with Gasteiger partial charge in [0.1, 0.15) is 0 Å². The van der Waals surface area contributed by atoms with E-state index in [0.717, 1.165) is 29.9 Å². The van der Waals surface area contributed by atoms with Gasteiger partial charge in [-0.25, -0.2) is 0 Å². The maximum Gasteiger partial charge on any atom is 0.0467 e. The van der Waals surface area contributed by atoms with Crippen LogP contribution in [0.1, 0.15) is 18.4 Å². The normalized spacial score (nSPS) is 12.5. The zero-order valence-corrected chi connectivity index (χ0v) is 31.7. The van der Waals surface area contributed by atoms with E-state index in [1.54, 1.807) is 0 Å². The Morgan fingerprint density at radius 3 is 1.70 bits per heavy atom. The summed E-state index contributed by atoms with van der Waals surface area (Å²) >= 11 is 0. The molecule has 0 saturated heterocycles. The van der Waals surface area contributed by atoms with E-state index in [9.17, 15) is 0 Å². The summed E-state index contributed by atoms with van der Waals surface area (Å²) in [6, 6.07) is 75.2. The summed E-state index contributed by atoms with van der Waals surface area (Å²) < 4.78 is 0. The van der Waals surface area contributed by atoms with Crippen molar-refractivity contribution in [3.63, 3.8) is 0 Å². The van der Waals surface area contributed by atoms with Crippen molar-refractivity contribution in [1.29, 1.82) is 0 Å². The predicted octanol–water partition coefficient (Wildman–Crippen LogP) is 15.9. The molecule has 9 aromatic rings. The molecule has 0 radical (unpaired) electrons. The Hall–Kier alpha value is -7.22. The third-order valence-corrected chi connectivity index (χ3v) is 11.3. The highest BCUT2D eigenvalue weighted by molar-refractivity contribution is 5.97. The van der Waals surface area contributed by atoms with Gasteiger partial charge in [-0.05, 0) is 139 Å². The molecule has 0 unspecified atom stereocenters. The topological polar surface area (TPSA) is 3.24 Å². The van der Waals surface area contributed by atoms with E-state index in [-0.39, 0.29) is 0 Å². The summed E-state index contributed by atoms with van der Waals surface area (Å²) in [6.45, 7) is 0. The van der Waals surface area contributed by atoms with E-state index >= 15 is 0 Å². The van der Waals surface area contributed by atoms with E-state index in [2.05, 4.69) is 229 Å². The lowest BCUT2D eigenvalue weighted by molar-refractivity contribution is 1.04. The number of hydrogen-bond acceptors (Lipinski definition) is 1. The maximum absolute atomic E-state index is 2.38. The minimum absolute atomic E-state index is 1.07. The van der Waals surface area contributed by atoms with Crippen LogP contribution in [0, 0.1) is 0 Å². The maximum atomic E-state index is 2.38. The monoisotopic (exact) mass is 727 g/mol. The van der Waals surface area contributed by atoms with Gasteiger partial charge in [0.15, 0.2) is 0 Å². The van der Waals surface area contributed by atoms with E-state index in [0.29, 0.717) is 0 Å². The van der Waals surface area contributed by atoms with Crippen molar-refractivity contribution >= 4 is 44.2 Å². The van der Waals surface area contributed by atoms with Gasteiger partial charge in [-0.3, -0.25) is 0 Å². The van der Waals surface area contributed by atoms with Gasteiger partial charge in [-0.1, -0.05) is 176 Å². The van der Waals surface area contributed by atoms with Gasteiger partial charge in [0.2, 0.25) is 0 Å². The van der Waals surface area contributed by atoms with Crippen molar-refractivity contribution in [3.8, 4) is 44.5 Å². The van der Waals surface area contributed by atoms with Gasteiger partial charge < -0.3 is 4.90 Å². The number of allylic oxidation sites excluding steroid dienone is 4. The Kier molecular flexibility index (Phi) is 9.10. The quantitative estimate of drug-likeness (QED) is 0.151. The van der Waals surface area contributed by atoms with Crippen LogP contribution in [0.3, 0.4) is 0 Å². The zero-order valence-electron chi connectivity index (χ0n) is 31.7. The SMILES string of the molecule is C1=CC(c2cc(-c3ccc(N(c4ccc(-c5cccc6ccccc56)cc4)c4cccc(-c5ccc6ccccc6c5)c4)cc3)ccc2-c2ccccc2)=CCC1. The number of nitrogens with zero attached hydrogens (tertiary/aromatic N) is 1. The van der Waals surface area contributed by atoms with Crippen molar-refractivity contribution in [3.05, 3.63) is 230 Å². The average Bonchev–Trinajstić information content (AvgIpc) is 3.30. The molecule has 0 amide bonds. The van der Waals surface area contributed by atoms with Crippen molar-refractivity contribution < 1.29 is 0 Å². The molecule has 0 fully saturated rings. The molecular weight excluding hydrogens is 687 g/mol. The van der Waals surface area contributed by atoms with Gasteiger partial charge in [0.25, 0.3) is 0 Å². The highest BCUT2D eigenvalue weighted by Gasteiger charge is 2.16. The van der Waals surface area contributed by atoms with Crippen molar-refractivity contribution in [2.24, 2.45) is 0 Å². The van der Waals surface area contributed by atoms with Crippen LogP contribution in [0.25, 0.3) is 71.6 Å². The smallest absolute Gasteiger partial charge is 0.0467 e. The van der Waals surface area contributed by atoms with Gasteiger partial charge in [0.05, 0.1) is 0 Å². The van der Waals surface area contributed by atoms with Crippen LogP contribution in [0.5, 0.6) is 0 Å². The standard InChI is InChI=1S/C56H41N/c1-3-14-42(15-4-1)55-36-31-49(39-56(55)44-16-5-2-6-17-44)41-27-32-50(33-28-41)57(51-34-29-45(30-35-51)54-24-12-20-43-18-9-10-23-53(43)54)52-22-11-21-47(38-52)48-26-25-40-13-7-8-19-46(40)37-48/h1,3-5,7-39H,2,6H2. The van der Waals surface area contributed by atoms with E-state index in [1.807, 2.05) is 0 Å². The highest BCUT2D eigenvalue weighted by Crippen LogP contribution is 2.41. The molecule has 0 atom stereocenters. The number of fused-ring (bicyclic) bond motifs is 2. The summed E-state index contributed by atoms with van der Waals surface area (Å²) in [5, 5.41) is 5.01. The molecule has 0 heterocycles. The number of anilines is 3. The third-order valence-electron chi connectivity index (χ3n) is 11.3. The lowest BCUT2D eigenvalue weighted by atomic mass is 9.89. The molecule has 1 heteroatoms. The second-order valence-corrected chi connectivity index (χ2v) is 14.8. The highest BCUT2D eigenvalue weighted by atomic mass is 15.1. The summed E-state index contributed by atoms with van der Waals surface area (Å²) in [4.78, 5) is 2.38. The Balaban J connectivity index is 1.05. The Morgan fingerprint density at radius 1 is 0.316 bits per heavy atom. The predicted molar refractivity (Wildman–Crippen MR) is 244 cm³/mol. The third kappa shape index (κ3) is 6.86. The lowest BCUT2D eigenvalue weighted by Gasteiger charge is -2.26. The van der Waals surface area contributed by atoms with Gasteiger partial charge >= 0.3 is 0 Å². The van der Waals surface area contributed by atoms with E-state index in [4.69, 9.17) is 0 Å². The molecule has 0 bridgehead atoms. The van der Waals surface area contributed by atoms with Gasteiger partial charge in [-0.15, -0.1) is 0 Å². The first kappa shape index (κ1) is 34.3. The molecule has 57 heavy (non-hydrogen) atoms. The largest absolute Gasteiger partial charge is 0.310 e. The van der Waals surface area contributed by atoms with Crippen molar-refractivity contribution in [1.82, 2.24) is 0 Å². The molecule has 270 valence electrons. The van der Waals surface area contributed by atoms with E-state index in [1.165, 1.54) is 77.2 Å². The number of hydrogen-bond donors (Lipinski definition) is 0. The fraction of sp³-hybridized carbons (Fsp3) is 0.0357. The summed E-state index contributed by atoms with van der Waals surface area (Å²) in [5.74, 6) is 0. The zero-order chi connectivity index (χ0) is 38.0. The summed E-state index contributed by atoms with van der Waals surface area (Å²) in [5.41, 5.74) is 15.6. The second kappa shape index (κ2) is 15.1. The molecular formula is C56H41N. The molecule has 0 aromatic heterocycles. The molecule has 10 rings (SSSR count). The molecule has 1 nitrogen and oxygen atoms in total. The van der Waals surface area contributed by atoms with Crippen LogP contribution in [-0.4, -0.2) is 0 Å². The first-order chi connectivity index (χ1) is 28.2. The van der Waals surface area contributed by atoms with Crippen LogP contribution in [0.2, 0.25) is 0 Å². The minimum atomic E-state index is 1.07. The number of benzene rings is 9. The Bertz CT molecular complexity index is 2930. The first-order valence-corrected chi connectivity index (χ1v) is 19.9. The fourth-order valence-electron chi connectivity index (χ4n) is 8.36. The molecule has 1 aliphatic rings. The lowest BCUT2D eigenvalue weighted by Crippen LogP contribution is -2.10. The van der Waals surface area contributed by atoms with Crippen molar-refractivity contribution in [2.45, 2.75) is 12.8 Å². The van der Waals surface area contributed by atoms with E-state index < -0.39 is 0 Å². The summed E-state index contributed by atoms with van der Waals surface area (Å²) in [6.07, 6.45) is 9.13. The van der Waals surface area contributed by atoms with Gasteiger partial charge in [0, 0.05) is 17.1 Å². The molecule has 9 aromatic carbocycles. The fourth-order valence-corrected chi connectivity index (χ4v) is 8.36. The summed E-state index contributed by atoms with van der Waals surface area (Å²) in [7, 11) is 0. The number of rotatable bonds is 8. The minimum Gasteiger partial charge on any atom is -0.310 e. The molecule has 0 N–H and O–H groups in total.